The second-order valence-corrected chi connectivity index (χ2v) is 6.14. The van der Waals surface area contributed by atoms with Gasteiger partial charge >= 0.3 is 0 Å². The molecule has 0 fully saturated rings. The predicted molar refractivity (Wildman–Crippen MR) is 76.5 cm³/mol. The Labute approximate surface area is 114 Å². The summed E-state index contributed by atoms with van der Waals surface area (Å²) in [6.45, 7) is 7.38. The van der Waals surface area contributed by atoms with Gasteiger partial charge in [-0.05, 0) is 37.0 Å². The molecule has 0 aliphatic rings. The molecule has 0 spiro atoms. The van der Waals surface area contributed by atoms with E-state index in [2.05, 4.69) is 30.9 Å². The first-order chi connectivity index (χ1) is 8.67. The fraction of sp³-hybridized carbons (Fsp3) is 0.846. The highest BCUT2D eigenvalue weighted by atomic mass is 32.2. The molecular formula is C13H25N3OS. The van der Waals surface area contributed by atoms with Crippen LogP contribution in [0.1, 0.15) is 45.3 Å². The van der Waals surface area contributed by atoms with Crippen molar-refractivity contribution in [3.63, 3.8) is 0 Å². The maximum Gasteiger partial charge on any atom is 0.226 e. The first-order valence-electron chi connectivity index (χ1n) is 6.76. The van der Waals surface area contributed by atoms with Crippen LogP contribution < -0.4 is 5.73 Å². The second kappa shape index (κ2) is 8.53. The number of thioether (sulfide) groups is 1. The number of aromatic nitrogens is 2. The van der Waals surface area contributed by atoms with Gasteiger partial charge in [0.25, 0.3) is 0 Å². The molecule has 18 heavy (non-hydrogen) atoms. The SMILES string of the molecule is CCSCc1noc(CCC(CCN)C(C)C)n1. The summed E-state index contributed by atoms with van der Waals surface area (Å²) >= 11 is 1.81. The number of nitrogens with zero attached hydrogens (tertiary/aromatic N) is 2. The third-order valence-electron chi connectivity index (χ3n) is 3.15. The third-order valence-corrected chi connectivity index (χ3v) is 4.03. The van der Waals surface area contributed by atoms with Crippen molar-refractivity contribution in [2.75, 3.05) is 12.3 Å². The Kier molecular flexibility index (Phi) is 7.35. The van der Waals surface area contributed by atoms with Crippen molar-refractivity contribution in [3.05, 3.63) is 11.7 Å². The first-order valence-corrected chi connectivity index (χ1v) is 7.92. The predicted octanol–water partition coefficient (Wildman–Crippen LogP) is 2.88. The van der Waals surface area contributed by atoms with Crippen LogP contribution in [0, 0.1) is 11.8 Å². The summed E-state index contributed by atoms with van der Waals surface area (Å²) in [7, 11) is 0. The van der Waals surface area contributed by atoms with E-state index in [0.29, 0.717) is 11.8 Å². The Morgan fingerprint density at radius 1 is 1.33 bits per heavy atom. The van der Waals surface area contributed by atoms with E-state index in [-0.39, 0.29) is 0 Å². The molecule has 0 bridgehead atoms. The van der Waals surface area contributed by atoms with Gasteiger partial charge in [0.1, 0.15) is 0 Å². The van der Waals surface area contributed by atoms with E-state index in [1.165, 1.54) is 0 Å². The summed E-state index contributed by atoms with van der Waals surface area (Å²) < 4.78 is 5.26. The molecule has 2 N–H and O–H groups in total. The average molecular weight is 271 g/mol. The minimum Gasteiger partial charge on any atom is -0.339 e. The lowest BCUT2D eigenvalue weighted by Gasteiger charge is -2.18. The molecule has 0 aliphatic carbocycles. The molecule has 5 heteroatoms. The van der Waals surface area contributed by atoms with Crippen LogP contribution in [-0.2, 0) is 12.2 Å². The van der Waals surface area contributed by atoms with Crippen LogP contribution in [0.25, 0.3) is 0 Å². The van der Waals surface area contributed by atoms with Crippen molar-refractivity contribution in [1.29, 1.82) is 0 Å². The number of hydrogen-bond donors (Lipinski definition) is 1. The maximum atomic E-state index is 5.64. The lowest BCUT2D eigenvalue weighted by Crippen LogP contribution is -2.15. The summed E-state index contributed by atoms with van der Waals surface area (Å²) in [5.74, 6) is 4.81. The van der Waals surface area contributed by atoms with E-state index in [0.717, 1.165) is 49.0 Å². The summed E-state index contributed by atoms with van der Waals surface area (Å²) in [4.78, 5) is 4.41. The number of nitrogens with two attached hydrogens (primary N) is 1. The van der Waals surface area contributed by atoms with Gasteiger partial charge in [-0.3, -0.25) is 0 Å². The molecule has 0 aliphatic heterocycles. The zero-order chi connectivity index (χ0) is 13.4. The van der Waals surface area contributed by atoms with E-state index < -0.39 is 0 Å². The molecule has 4 nitrogen and oxygen atoms in total. The Morgan fingerprint density at radius 2 is 2.11 bits per heavy atom. The van der Waals surface area contributed by atoms with Gasteiger partial charge in [0, 0.05) is 6.42 Å². The van der Waals surface area contributed by atoms with E-state index >= 15 is 0 Å². The van der Waals surface area contributed by atoms with Crippen LogP contribution in [0.5, 0.6) is 0 Å². The monoisotopic (exact) mass is 271 g/mol. The summed E-state index contributed by atoms with van der Waals surface area (Å²) in [5.41, 5.74) is 5.64. The first kappa shape index (κ1) is 15.5. The highest BCUT2D eigenvalue weighted by molar-refractivity contribution is 7.98. The Balaban J connectivity index is 2.39. The second-order valence-electron chi connectivity index (χ2n) is 4.86. The fourth-order valence-electron chi connectivity index (χ4n) is 1.98. The summed E-state index contributed by atoms with van der Waals surface area (Å²) in [6.07, 6.45) is 3.02. The lowest BCUT2D eigenvalue weighted by molar-refractivity contribution is 0.313. The molecular weight excluding hydrogens is 246 g/mol. The van der Waals surface area contributed by atoms with Crippen molar-refractivity contribution in [3.8, 4) is 0 Å². The molecule has 0 saturated carbocycles. The fourth-order valence-corrected chi connectivity index (χ4v) is 2.48. The van der Waals surface area contributed by atoms with Crippen LogP contribution in [-0.4, -0.2) is 22.4 Å². The molecule has 1 atom stereocenters. The highest BCUT2D eigenvalue weighted by Gasteiger charge is 2.14. The molecule has 1 aromatic rings. The molecule has 0 aromatic carbocycles. The molecule has 104 valence electrons. The number of hydrogen-bond acceptors (Lipinski definition) is 5. The Morgan fingerprint density at radius 3 is 2.72 bits per heavy atom. The lowest BCUT2D eigenvalue weighted by atomic mass is 9.88. The molecule has 0 amide bonds. The van der Waals surface area contributed by atoms with E-state index in [1.54, 1.807) is 0 Å². The molecule has 0 radical (unpaired) electrons. The van der Waals surface area contributed by atoms with Gasteiger partial charge in [-0.2, -0.15) is 16.7 Å². The summed E-state index contributed by atoms with van der Waals surface area (Å²) in [6, 6.07) is 0. The van der Waals surface area contributed by atoms with Crippen LogP contribution >= 0.6 is 11.8 Å². The van der Waals surface area contributed by atoms with Crippen LogP contribution in [0.3, 0.4) is 0 Å². The normalized spacial score (nSPS) is 13.2. The number of rotatable bonds is 9. The minimum absolute atomic E-state index is 0.648. The van der Waals surface area contributed by atoms with E-state index in [4.69, 9.17) is 10.3 Å². The van der Waals surface area contributed by atoms with Crippen molar-refractivity contribution in [2.45, 2.75) is 45.8 Å². The summed E-state index contributed by atoms with van der Waals surface area (Å²) in [5, 5.41) is 3.99. The van der Waals surface area contributed by atoms with Crippen LogP contribution in [0.15, 0.2) is 4.52 Å². The van der Waals surface area contributed by atoms with Gasteiger partial charge in [-0.25, -0.2) is 0 Å². The molecule has 1 aromatic heterocycles. The largest absolute Gasteiger partial charge is 0.339 e. The van der Waals surface area contributed by atoms with Gasteiger partial charge in [-0.15, -0.1) is 0 Å². The van der Waals surface area contributed by atoms with Gasteiger partial charge in [0.15, 0.2) is 5.82 Å². The van der Waals surface area contributed by atoms with E-state index in [9.17, 15) is 0 Å². The van der Waals surface area contributed by atoms with Crippen LogP contribution in [0.4, 0.5) is 0 Å². The standard InChI is InChI=1S/C13H25N3OS/c1-4-18-9-12-15-13(17-16-12)6-5-11(7-8-14)10(2)3/h10-11H,4-9,14H2,1-3H3. The van der Waals surface area contributed by atoms with Crippen molar-refractivity contribution >= 4 is 11.8 Å². The quantitative estimate of drug-likeness (QED) is 0.748. The Bertz CT molecular complexity index is 328. The van der Waals surface area contributed by atoms with Crippen molar-refractivity contribution in [1.82, 2.24) is 10.1 Å². The van der Waals surface area contributed by atoms with E-state index in [1.807, 2.05) is 11.8 Å². The average Bonchev–Trinajstić information content (AvgIpc) is 2.79. The van der Waals surface area contributed by atoms with Crippen molar-refractivity contribution in [2.24, 2.45) is 17.6 Å². The molecule has 1 rings (SSSR count). The van der Waals surface area contributed by atoms with Gasteiger partial charge in [0.05, 0.1) is 5.75 Å². The number of aryl methyl sites for hydroxylation is 1. The Hall–Kier alpha value is -0.550. The minimum atomic E-state index is 0.648. The maximum absolute atomic E-state index is 5.64. The van der Waals surface area contributed by atoms with Crippen LogP contribution in [0.2, 0.25) is 0 Å². The zero-order valence-electron chi connectivity index (χ0n) is 11.7. The van der Waals surface area contributed by atoms with Crippen molar-refractivity contribution < 1.29 is 4.52 Å². The molecule has 1 unspecified atom stereocenters. The topological polar surface area (TPSA) is 64.9 Å². The van der Waals surface area contributed by atoms with Gasteiger partial charge in [-0.1, -0.05) is 25.9 Å². The highest BCUT2D eigenvalue weighted by Crippen LogP contribution is 2.21. The van der Waals surface area contributed by atoms with Gasteiger partial charge in [0.2, 0.25) is 5.89 Å². The zero-order valence-corrected chi connectivity index (χ0v) is 12.5. The smallest absolute Gasteiger partial charge is 0.226 e. The van der Waals surface area contributed by atoms with Gasteiger partial charge < -0.3 is 10.3 Å². The molecule has 0 saturated heterocycles. The third kappa shape index (κ3) is 5.40. The molecule has 1 heterocycles.